The van der Waals surface area contributed by atoms with Gasteiger partial charge < -0.3 is 14.1 Å². The van der Waals surface area contributed by atoms with Crippen molar-refractivity contribution < 1.29 is 13.9 Å². The van der Waals surface area contributed by atoms with Gasteiger partial charge in [0.25, 0.3) is 5.91 Å². The summed E-state index contributed by atoms with van der Waals surface area (Å²) in [5.41, 5.74) is 5.41. The SMILES string of the molecule is COc1ccccc1N1CCN(Cc2ccc(C(=O)NN=Cc3ccco3)cc2)CC1. The van der Waals surface area contributed by atoms with E-state index in [9.17, 15) is 4.79 Å². The lowest BCUT2D eigenvalue weighted by molar-refractivity contribution is 0.0955. The number of nitrogens with one attached hydrogen (secondary N) is 1. The number of ether oxygens (including phenoxy) is 1. The largest absolute Gasteiger partial charge is 0.495 e. The van der Waals surface area contributed by atoms with Gasteiger partial charge in [-0.2, -0.15) is 5.10 Å². The van der Waals surface area contributed by atoms with Gasteiger partial charge in [0.1, 0.15) is 11.5 Å². The Labute approximate surface area is 181 Å². The minimum atomic E-state index is -0.250. The molecular formula is C24H26N4O3. The quantitative estimate of drug-likeness (QED) is 0.471. The number of hydrogen-bond donors (Lipinski definition) is 1. The predicted octanol–water partition coefficient (Wildman–Crippen LogP) is 3.37. The van der Waals surface area contributed by atoms with Crippen molar-refractivity contribution in [3.05, 3.63) is 83.8 Å². The van der Waals surface area contributed by atoms with Gasteiger partial charge in [0, 0.05) is 38.3 Å². The van der Waals surface area contributed by atoms with E-state index in [2.05, 4.69) is 26.4 Å². The topological polar surface area (TPSA) is 70.3 Å². The maximum atomic E-state index is 12.2. The molecule has 160 valence electrons. The molecule has 0 atom stereocenters. The molecule has 0 radical (unpaired) electrons. The molecule has 1 aliphatic heterocycles. The van der Waals surface area contributed by atoms with Gasteiger partial charge in [-0.1, -0.05) is 24.3 Å². The van der Waals surface area contributed by atoms with Gasteiger partial charge in [-0.25, -0.2) is 5.43 Å². The van der Waals surface area contributed by atoms with E-state index in [4.69, 9.17) is 9.15 Å². The van der Waals surface area contributed by atoms with Crippen molar-refractivity contribution in [2.45, 2.75) is 6.54 Å². The Bertz CT molecular complexity index is 1010. The molecule has 2 aromatic carbocycles. The molecule has 1 aromatic heterocycles. The lowest BCUT2D eigenvalue weighted by atomic mass is 10.1. The Morgan fingerprint density at radius 1 is 1.06 bits per heavy atom. The Balaban J connectivity index is 1.27. The number of benzene rings is 2. The first kappa shape index (κ1) is 20.7. The minimum Gasteiger partial charge on any atom is -0.495 e. The van der Waals surface area contributed by atoms with Crippen LogP contribution in [0.25, 0.3) is 0 Å². The Morgan fingerprint density at radius 3 is 2.55 bits per heavy atom. The summed E-state index contributed by atoms with van der Waals surface area (Å²) in [5.74, 6) is 1.25. The van der Waals surface area contributed by atoms with Crippen LogP contribution < -0.4 is 15.1 Å². The zero-order valence-electron chi connectivity index (χ0n) is 17.5. The third-order valence-electron chi connectivity index (χ3n) is 5.32. The predicted molar refractivity (Wildman–Crippen MR) is 121 cm³/mol. The number of hydrogen-bond acceptors (Lipinski definition) is 6. The van der Waals surface area contributed by atoms with Crippen molar-refractivity contribution in [3.8, 4) is 5.75 Å². The lowest BCUT2D eigenvalue weighted by Crippen LogP contribution is -2.46. The summed E-state index contributed by atoms with van der Waals surface area (Å²) >= 11 is 0. The van der Waals surface area contributed by atoms with Crippen molar-refractivity contribution in [3.63, 3.8) is 0 Å². The zero-order valence-corrected chi connectivity index (χ0v) is 17.5. The maximum Gasteiger partial charge on any atom is 0.271 e. The molecule has 3 aromatic rings. The van der Waals surface area contributed by atoms with Gasteiger partial charge in [0.05, 0.1) is 25.3 Å². The molecule has 0 spiro atoms. The molecule has 1 saturated heterocycles. The van der Waals surface area contributed by atoms with Crippen LogP contribution in [0.2, 0.25) is 0 Å². The molecule has 4 rings (SSSR count). The first-order valence-corrected chi connectivity index (χ1v) is 10.3. The van der Waals surface area contributed by atoms with Crippen LogP contribution in [0.4, 0.5) is 5.69 Å². The van der Waals surface area contributed by atoms with E-state index in [-0.39, 0.29) is 5.91 Å². The fourth-order valence-corrected chi connectivity index (χ4v) is 3.64. The third-order valence-corrected chi connectivity index (χ3v) is 5.32. The lowest BCUT2D eigenvalue weighted by Gasteiger charge is -2.36. The number of hydrazone groups is 1. The molecule has 1 fully saturated rings. The van der Waals surface area contributed by atoms with Crippen molar-refractivity contribution in [1.29, 1.82) is 0 Å². The Morgan fingerprint density at radius 2 is 1.84 bits per heavy atom. The fraction of sp³-hybridized carbons (Fsp3) is 0.250. The Kier molecular flexibility index (Phi) is 6.64. The van der Waals surface area contributed by atoms with Gasteiger partial charge in [0.2, 0.25) is 0 Å². The van der Waals surface area contributed by atoms with E-state index in [0.717, 1.165) is 44.2 Å². The highest BCUT2D eigenvalue weighted by Gasteiger charge is 2.19. The summed E-state index contributed by atoms with van der Waals surface area (Å²) in [4.78, 5) is 17.0. The van der Waals surface area contributed by atoms with Crippen LogP contribution in [0.5, 0.6) is 5.75 Å². The number of anilines is 1. The van der Waals surface area contributed by atoms with E-state index < -0.39 is 0 Å². The number of furan rings is 1. The number of nitrogens with zero attached hydrogens (tertiary/aromatic N) is 3. The van der Waals surface area contributed by atoms with Crippen LogP contribution in [0.15, 0.2) is 76.4 Å². The van der Waals surface area contributed by atoms with E-state index >= 15 is 0 Å². The summed E-state index contributed by atoms with van der Waals surface area (Å²) in [6, 6.07) is 19.3. The standard InChI is InChI=1S/C24H26N4O3/c1-30-23-7-3-2-6-22(23)28-14-12-27(13-15-28)18-19-8-10-20(11-9-19)24(29)26-25-17-21-5-4-16-31-21/h2-11,16-17H,12-15,18H2,1H3,(H,26,29). The second-order valence-corrected chi connectivity index (χ2v) is 7.35. The average molecular weight is 418 g/mol. The van der Waals surface area contributed by atoms with Crippen molar-refractivity contribution >= 4 is 17.8 Å². The molecule has 0 saturated carbocycles. The molecule has 7 heteroatoms. The minimum absolute atomic E-state index is 0.250. The molecule has 2 heterocycles. The molecule has 7 nitrogen and oxygen atoms in total. The number of rotatable bonds is 7. The average Bonchev–Trinajstić information content (AvgIpc) is 3.33. The first-order chi connectivity index (χ1) is 15.2. The van der Waals surface area contributed by atoms with Gasteiger partial charge in [-0.15, -0.1) is 0 Å². The van der Waals surface area contributed by atoms with E-state index in [1.165, 1.54) is 11.8 Å². The van der Waals surface area contributed by atoms with Crippen molar-refractivity contribution in [1.82, 2.24) is 10.3 Å². The summed E-state index contributed by atoms with van der Waals surface area (Å²) in [6.07, 6.45) is 3.03. The van der Waals surface area contributed by atoms with Gasteiger partial charge >= 0.3 is 0 Å². The first-order valence-electron chi connectivity index (χ1n) is 10.3. The van der Waals surface area contributed by atoms with Crippen LogP contribution in [-0.2, 0) is 6.54 Å². The Hall–Kier alpha value is -3.58. The highest BCUT2D eigenvalue weighted by molar-refractivity contribution is 5.94. The second kappa shape index (κ2) is 9.95. The number of carbonyl (C=O) groups is 1. The van der Waals surface area contributed by atoms with Crippen LogP contribution in [-0.4, -0.2) is 50.3 Å². The summed E-state index contributed by atoms with van der Waals surface area (Å²) < 4.78 is 10.6. The number of methoxy groups -OCH3 is 1. The number of para-hydroxylation sites is 2. The van der Waals surface area contributed by atoms with Gasteiger partial charge in [-0.3, -0.25) is 9.69 Å². The highest BCUT2D eigenvalue weighted by Crippen LogP contribution is 2.28. The van der Waals surface area contributed by atoms with Crippen LogP contribution >= 0.6 is 0 Å². The van der Waals surface area contributed by atoms with Crippen molar-refractivity contribution in [2.75, 3.05) is 38.2 Å². The molecule has 1 N–H and O–H groups in total. The van der Waals surface area contributed by atoms with Gasteiger partial charge in [-0.05, 0) is 42.0 Å². The zero-order chi connectivity index (χ0) is 21.5. The molecular weight excluding hydrogens is 392 g/mol. The van der Waals surface area contributed by atoms with Crippen molar-refractivity contribution in [2.24, 2.45) is 5.10 Å². The second-order valence-electron chi connectivity index (χ2n) is 7.35. The monoisotopic (exact) mass is 418 g/mol. The number of carbonyl (C=O) groups excluding carboxylic acids is 1. The van der Waals surface area contributed by atoms with Crippen LogP contribution in [0.3, 0.4) is 0 Å². The maximum absolute atomic E-state index is 12.2. The molecule has 0 bridgehead atoms. The number of amides is 1. The summed E-state index contributed by atoms with van der Waals surface area (Å²) in [5, 5.41) is 3.91. The van der Waals surface area contributed by atoms with E-state index in [0.29, 0.717) is 11.3 Å². The molecule has 31 heavy (non-hydrogen) atoms. The molecule has 1 aliphatic rings. The molecule has 1 amide bonds. The van der Waals surface area contributed by atoms with Gasteiger partial charge in [0.15, 0.2) is 0 Å². The normalized spacial score (nSPS) is 14.7. The van der Waals surface area contributed by atoms with Crippen LogP contribution in [0, 0.1) is 0 Å². The number of piperazine rings is 1. The molecule has 0 unspecified atom stereocenters. The molecule has 0 aliphatic carbocycles. The smallest absolute Gasteiger partial charge is 0.271 e. The highest BCUT2D eigenvalue weighted by atomic mass is 16.5. The van der Waals surface area contributed by atoms with E-state index in [1.807, 2.05) is 42.5 Å². The van der Waals surface area contributed by atoms with E-state index in [1.54, 1.807) is 25.5 Å². The third kappa shape index (κ3) is 5.32. The fourth-order valence-electron chi connectivity index (χ4n) is 3.64. The van der Waals surface area contributed by atoms with Crippen LogP contribution in [0.1, 0.15) is 21.7 Å². The summed E-state index contributed by atoms with van der Waals surface area (Å²) in [6.45, 7) is 4.71. The summed E-state index contributed by atoms with van der Waals surface area (Å²) in [7, 11) is 1.71.